The second kappa shape index (κ2) is 17.6. The summed E-state index contributed by atoms with van der Waals surface area (Å²) in [6, 6.07) is 0. The van der Waals surface area contributed by atoms with Gasteiger partial charge in [-0.3, -0.25) is 4.99 Å². The quantitative estimate of drug-likeness (QED) is 0.225. The molecule has 0 aromatic rings. The van der Waals surface area contributed by atoms with Crippen molar-refractivity contribution in [1.82, 2.24) is 4.90 Å². The molecule has 0 radical (unpaired) electrons. The Hall–Kier alpha value is -0.830. The molecule has 3 heteroatoms. The molecule has 0 amide bonds. The van der Waals surface area contributed by atoms with Crippen LogP contribution in [-0.2, 0) is 0 Å². The second-order valence-electron chi connectivity index (χ2n) is 7.91. The predicted molar refractivity (Wildman–Crippen MR) is 117 cm³/mol. The predicted octanol–water partition coefficient (Wildman–Crippen LogP) is 6.43. The van der Waals surface area contributed by atoms with Crippen LogP contribution in [-0.4, -0.2) is 30.5 Å². The Morgan fingerprint density at radius 3 is 1.92 bits per heavy atom. The summed E-state index contributed by atoms with van der Waals surface area (Å²) in [4.78, 5) is 6.41. The van der Waals surface area contributed by atoms with Gasteiger partial charge in [0.1, 0.15) is 0 Å². The van der Waals surface area contributed by atoms with Gasteiger partial charge in [0.15, 0.2) is 0 Å². The molecule has 0 spiro atoms. The molecule has 152 valence electrons. The first-order chi connectivity index (χ1) is 12.8. The van der Waals surface area contributed by atoms with E-state index in [9.17, 15) is 0 Å². The van der Waals surface area contributed by atoms with Crippen molar-refractivity contribution in [1.29, 1.82) is 0 Å². The molecule has 1 unspecified atom stereocenters. The standard InChI is InChI=1S/C23H45N3/c1-2-3-4-5-6-7-8-9-10-11-12-13-14-15-16-17-18-19-23(24)26-21-20-25-22-26/h9-10,22-23H,2-8,11-21,24H2,1H3/b10-9-. The summed E-state index contributed by atoms with van der Waals surface area (Å²) in [5.41, 5.74) is 6.17. The summed E-state index contributed by atoms with van der Waals surface area (Å²) in [6.45, 7) is 4.21. The van der Waals surface area contributed by atoms with Crippen molar-refractivity contribution in [2.24, 2.45) is 10.7 Å². The zero-order valence-corrected chi connectivity index (χ0v) is 17.5. The van der Waals surface area contributed by atoms with Crippen LogP contribution in [0.1, 0.15) is 110 Å². The van der Waals surface area contributed by atoms with Gasteiger partial charge in [-0.25, -0.2) is 0 Å². The Balaban J connectivity index is 1.74. The summed E-state index contributed by atoms with van der Waals surface area (Å²) >= 11 is 0. The molecule has 0 saturated heterocycles. The van der Waals surface area contributed by atoms with Crippen LogP contribution in [0.5, 0.6) is 0 Å². The number of aliphatic imine (C=N–C) groups is 1. The molecule has 1 aliphatic heterocycles. The summed E-state index contributed by atoms with van der Waals surface area (Å²) < 4.78 is 0. The topological polar surface area (TPSA) is 41.6 Å². The average Bonchev–Trinajstić information content (AvgIpc) is 3.19. The molecule has 1 aliphatic rings. The van der Waals surface area contributed by atoms with Crippen molar-refractivity contribution >= 4 is 6.34 Å². The van der Waals surface area contributed by atoms with E-state index in [1.54, 1.807) is 0 Å². The van der Waals surface area contributed by atoms with E-state index in [4.69, 9.17) is 5.73 Å². The highest BCUT2D eigenvalue weighted by Gasteiger charge is 2.12. The highest BCUT2D eigenvalue weighted by Crippen LogP contribution is 2.12. The van der Waals surface area contributed by atoms with Gasteiger partial charge in [0.2, 0.25) is 0 Å². The third-order valence-electron chi connectivity index (χ3n) is 5.40. The first-order valence-electron chi connectivity index (χ1n) is 11.5. The first-order valence-corrected chi connectivity index (χ1v) is 11.5. The summed E-state index contributed by atoms with van der Waals surface area (Å²) in [6.07, 6.45) is 28.5. The van der Waals surface area contributed by atoms with Crippen molar-refractivity contribution in [3.8, 4) is 0 Å². The number of rotatable bonds is 18. The Kier molecular flexibility index (Phi) is 15.7. The summed E-state index contributed by atoms with van der Waals surface area (Å²) in [7, 11) is 0. The Bertz CT molecular complexity index is 351. The molecule has 0 aromatic carbocycles. The number of nitrogens with zero attached hydrogens (tertiary/aromatic N) is 2. The van der Waals surface area contributed by atoms with Crippen molar-refractivity contribution in [3.63, 3.8) is 0 Å². The van der Waals surface area contributed by atoms with Crippen LogP contribution >= 0.6 is 0 Å². The molecule has 0 bridgehead atoms. The monoisotopic (exact) mass is 363 g/mol. The van der Waals surface area contributed by atoms with Gasteiger partial charge >= 0.3 is 0 Å². The van der Waals surface area contributed by atoms with E-state index in [1.165, 1.54) is 96.3 Å². The van der Waals surface area contributed by atoms with E-state index in [-0.39, 0.29) is 6.17 Å². The Labute approximate surface area is 163 Å². The highest BCUT2D eigenvalue weighted by molar-refractivity contribution is 5.57. The normalized spacial score (nSPS) is 15.4. The smallest absolute Gasteiger partial charge is 0.0863 e. The fraction of sp³-hybridized carbons (Fsp3) is 0.870. The highest BCUT2D eigenvalue weighted by atomic mass is 15.3. The molecular weight excluding hydrogens is 318 g/mol. The summed E-state index contributed by atoms with van der Waals surface area (Å²) in [5.74, 6) is 0. The van der Waals surface area contributed by atoms with Gasteiger partial charge in [-0.2, -0.15) is 0 Å². The molecule has 26 heavy (non-hydrogen) atoms. The Morgan fingerprint density at radius 1 is 0.846 bits per heavy atom. The largest absolute Gasteiger partial charge is 0.346 e. The van der Waals surface area contributed by atoms with Crippen LogP contribution in [0.4, 0.5) is 0 Å². The molecule has 0 aromatic heterocycles. The van der Waals surface area contributed by atoms with Crippen molar-refractivity contribution < 1.29 is 0 Å². The minimum atomic E-state index is 0.185. The van der Waals surface area contributed by atoms with E-state index in [2.05, 4.69) is 29.0 Å². The van der Waals surface area contributed by atoms with Crippen LogP contribution in [0.2, 0.25) is 0 Å². The van der Waals surface area contributed by atoms with E-state index in [0.717, 1.165) is 19.5 Å². The van der Waals surface area contributed by atoms with Gasteiger partial charge in [-0.1, -0.05) is 89.7 Å². The number of hydrogen-bond donors (Lipinski definition) is 1. The van der Waals surface area contributed by atoms with Crippen molar-refractivity contribution in [2.45, 2.75) is 116 Å². The van der Waals surface area contributed by atoms with Gasteiger partial charge in [0.05, 0.1) is 19.0 Å². The van der Waals surface area contributed by atoms with E-state index in [0.29, 0.717) is 0 Å². The molecule has 2 N–H and O–H groups in total. The zero-order valence-electron chi connectivity index (χ0n) is 17.5. The van der Waals surface area contributed by atoms with Crippen LogP contribution in [0, 0.1) is 0 Å². The molecule has 1 atom stereocenters. The number of nitrogens with two attached hydrogens (primary N) is 1. The minimum Gasteiger partial charge on any atom is -0.346 e. The van der Waals surface area contributed by atoms with Gasteiger partial charge in [-0.05, 0) is 32.1 Å². The van der Waals surface area contributed by atoms with E-state index < -0.39 is 0 Å². The van der Waals surface area contributed by atoms with Gasteiger partial charge < -0.3 is 10.6 Å². The molecule has 0 saturated carbocycles. The maximum atomic E-state index is 6.17. The SMILES string of the molecule is CCCCCCCC/C=C\CCCCCCCCCC(N)N1C=NCC1. The number of allylic oxidation sites excluding steroid dienone is 2. The maximum absolute atomic E-state index is 6.17. The molecule has 0 aliphatic carbocycles. The van der Waals surface area contributed by atoms with E-state index >= 15 is 0 Å². The maximum Gasteiger partial charge on any atom is 0.0863 e. The van der Waals surface area contributed by atoms with Crippen LogP contribution in [0.3, 0.4) is 0 Å². The average molecular weight is 364 g/mol. The lowest BCUT2D eigenvalue weighted by atomic mass is 10.1. The fourth-order valence-electron chi connectivity index (χ4n) is 3.59. The zero-order chi connectivity index (χ0) is 18.7. The van der Waals surface area contributed by atoms with Gasteiger partial charge in [0.25, 0.3) is 0 Å². The third kappa shape index (κ3) is 13.4. The fourth-order valence-corrected chi connectivity index (χ4v) is 3.59. The van der Waals surface area contributed by atoms with Crippen molar-refractivity contribution in [2.75, 3.05) is 13.1 Å². The van der Waals surface area contributed by atoms with Crippen molar-refractivity contribution in [3.05, 3.63) is 12.2 Å². The lowest BCUT2D eigenvalue weighted by molar-refractivity contribution is 0.323. The summed E-state index contributed by atoms with van der Waals surface area (Å²) in [5, 5.41) is 0. The van der Waals surface area contributed by atoms with Gasteiger partial charge in [0, 0.05) is 6.54 Å². The third-order valence-corrected chi connectivity index (χ3v) is 5.40. The van der Waals surface area contributed by atoms with Gasteiger partial charge in [-0.15, -0.1) is 0 Å². The minimum absolute atomic E-state index is 0.185. The number of unbranched alkanes of at least 4 members (excludes halogenated alkanes) is 13. The second-order valence-corrected chi connectivity index (χ2v) is 7.91. The molecule has 3 nitrogen and oxygen atoms in total. The first kappa shape index (κ1) is 23.2. The Morgan fingerprint density at radius 2 is 1.38 bits per heavy atom. The molecule has 1 rings (SSSR count). The van der Waals surface area contributed by atoms with E-state index in [1.807, 2.05) is 6.34 Å². The lowest BCUT2D eigenvalue weighted by Crippen LogP contribution is -2.39. The van der Waals surface area contributed by atoms with Crippen LogP contribution < -0.4 is 5.73 Å². The molecule has 0 fully saturated rings. The number of hydrogen-bond acceptors (Lipinski definition) is 3. The molecule has 1 heterocycles. The van der Waals surface area contributed by atoms with Crippen LogP contribution in [0.25, 0.3) is 0 Å². The van der Waals surface area contributed by atoms with Crippen LogP contribution in [0.15, 0.2) is 17.1 Å². The lowest BCUT2D eigenvalue weighted by Gasteiger charge is -2.22. The molecular formula is C23H45N3.